The van der Waals surface area contributed by atoms with Crippen LogP contribution in [0.25, 0.3) is 0 Å². The standard InChI is InChI=1S/C14H16N4OS/c1-10-3-4-12-13(7-10)20-8-14(19)18(12)6-5-17-9-15-16-11(17)2/h3-4,7,9H,5-6,8H2,1-2H3. The molecule has 0 saturated carbocycles. The Kier molecular flexibility index (Phi) is 3.48. The molecule has 104 valence electrons. The lowest BCUT2D eigenvalue weighted by atomic mass is 10.2. The molecule has 5 nitrogen and oxygen atoms in total. The van der Waals surface area contributed by atoms with Crippen LogP contribution in [0.1, 0.15) is 11.4 Å². The first-order valence-electron chi connectivity index (χ1n) is 6.53. The molecule has 1 aromatic heterocycles. The van der Waals surface area contributed by atoms with E-state index in [9.17, 15) is 4.79 Å². The zero-order valence-electron chi connectivity index (χ0n) is 11.5. The predicted octanol–water partition coefficient (Wildman–Crippen LogP) is 2.03. The molecule has 0 N–H and O–H groups in total. The summed E-state index contributed by atoms with van der Waals surface area (Å²) >= 11 is 1.62. The van der Waals surface area contributed by atoms with Gasteiger partial charge >= 0.3 is 0 Å². The second-order valence-corrected chi connectivity index (χ2v) is 5.89. The minimum atomic E-state index is 0.164. The van der Waals surface area contributed by atoms with Gasteiger partial charge in [0, 0.05) is 18.0 Å². The molecule has 1 aliphatic heterocycles. The fourth-order valence-electron chi connectivity index (χ4n) is 2.30. The largest absolute Gasteiger partial charge is 0.316 e. The zero-order valence-corrected chi connectivity index (χ0v) is 12.4. The monoisotopic (exact) mass is 288 g/mol. The van der Waals surface area contributed by atoms with Gasteiger partial charge in [0.2, 0.25) is 5.91 Å². The maximum absolute atomic E-state index is 12.2. The van der Waals surface area contributed by atoms with Crippen molar-refractivity contribution in [3.05, 3.63) is 35.9 Å². The number of carbonyl (C=O) groups excluding carboxylic acids is 1. The molecule has 0 spiro atoms. The number of hydrogen-bond acceptors (Lipinski definition) is 4. The zero-order chi connectivity index (χ0) is 14.1. The molecule has 0 atom stereocenters. The van der Waals surface area contributed by atoms with E-state index in [1.54, 1.807) is 18.1 Å². The Morgan fingerprint density at radius 3 is 2.90 bits per heavy atom. The van der Waals surface area contributed by atoms with E-state index in [-0.39, 0.29) is 5.91 Å². The molecule has 0 bridgehead atoms. The molecule has 0 radical (unpaired) electrons. The van der Waals surface area contributed by atoms with Crippen molar-refractivity contribution in [1.82, 2.24) is 14.8 Å². The summed E-state index contributed by atoms with van der Waals surface area (Å²) in [6, 6.07) is 6.23. The van der Waals surface area contributed by atoms with Gasteiger partial charge in [-0.3, -0.25) is 4.79 Å². The number of rotatable bonds is 3. The van der Waals surface area contributed by atoms with Gasteiger partial charge < -0.3 is 9.47 Å². The number of thioether (sulfide) groups is 1. The molecule has 2 aromatic rings. The maximum atomic E-state index is 12.2. The Hall–Kier alpha value is -1.82. The van der Waals surface area contributed by atoms with Crippen molar-refractivity contribution in [3.63, 3.8) is 0 Å². The summed E-state index contributed by atoms with van der Waals surface area (Å²) in [6.07, 6.45) is 1.70. The van der Waals surface area contributed by atoms with Crippen LogP contribution in [0.4, 0.5) is 5.69 Å². The van der Waals surface area contributed by atoms with E-state index in [4.69, 9.17) is 0 Å². The van der Waals surface area contributed by atoms with Crippen molar-refractivity contribution in [3.8, 4) is 0 Å². The molecular weight excluding hydrogens is 272 g/mol. The highest BCUT2D eigenvalue weighted by Crippen LogP contribution is 2.35. The number of aryl methyl sites for hydroxylation is 2. The van der Waals surface area contributed by atoms with Crippen LogP contribution in [-0.4, -0.2) is 33.0 Å². The van der Waals surface area contributed by atoms with Crippen LogP contribution in [0.3, 0.4) is 0 Å². The molecule has 1 aliphatic rings. The number of aromatic nitrogens is 3. The number of nitrogens with zero attached hydrogens (tertiary/aromatic N) is 4. The van der Waals surface area contributed by atoms with Gasteiger partial charge in [-0.25, -0.2) is 0 Å². The smallest absolute Gasteiger partial charge is 0.237 e. The topological polar surface area (TPSA) is 51.0 Å². The Balaban J connectivity index is 1.82. The van der Waals surface area contributed by atoms with E-state index in [0.717, 1.165) is 11.5 Å². The molecule has 6 heteroatoms. The third-order valence-electron chi connectivity index (χ3n) is 3.43. The highest BCUT2D eigenvalue weighted by molar-refractivity contribution is 8.00. The van der Waals surface area contributed by atoms with E-state index in [2.05, 4.69) is 29.3 Å². The predicted molar refractivity (Wildman–Crippen MR) is 79.0 cm³/mol. The van der Waals surface area contributed by atoms with Crippen molar-refractivity contribution in [1.29, 1.82) is 0 Å². The van der Waals surface area contributed by atoms with E-state index < -0.39 is 0 Å². The maximum Gasteiger partial charge on any atom is 0.237 e. The summed E-state index contributed by atoms with van der Waals surface area (Å²) in [5.41, 5.74) is 2.24. The fraction of sp³-hybridized carbons (Fsp3) is 0.357. The van der Waals surface area contributed by atoms with Crippen LogP contribution in [0, 0.1) is 13.8 Å². The molecule has 0 fully saturated rings. The van der Waals surface area contributed by atoms with Crippen LogP contribution in [0.5, 0.6) is 0 Å². The van der Waals surface area contributed by atoms with Gasteiger partial charge in [-0.2, -0.15) is 0 Å². The molecule has 1 aromatic carbocycles. The molecule has 2 heterocycles. The minimum absolute atomic E-state index is 0.164. The number of amides is 1. The van der Waals surface area contributed by atoms with E-state index >= 15 is 0 Å². The number of hydrogen-bond donors (Lipinski definition) is 0. The van der Waals surface area contributed by atoms with Crippen LogP contribution < -0.4 is 4.90 Å². The lowest BCUT2D eigenvalue weighted by Crippen LogP contribution is -2.37. The highest BCUT2D eigenvalue weighted by atomic mass is 32.2. The average molecular weight is 288 g/mol. The lowest BCUT2D eigenvalue weighted by Gasteiger charge is -2.29. The van der Waals surface area contributed by atoms with Gasteiger partial charge in [0.15, 0.2) is 0 Å². The number of carbonyl (C=O) groups is 1. The third-order valence-corrected chi connectivity index (χ3v) is 4.46. The van der Waals surface area contributed by atoms with Crippen LogP contribution in [0.2, 0.25) is 0 Å². The normalized spacial score (nSPS) is 14.5. The van der Waals surface area contributed by atoms with Gasteiger partial charge in [-0.15, -0.1) is 22.0 Å². The van der Waals surface area contributed by atoms with Gasteiger partial charge in [-0.1, -0.05) is 6.07 Å². The van der Waals surface area contributed by atoms with E-state index in [0.29, 0.717) is 18.8 Å². The summed E-state index contributed by atoms with van der Waals surface area (Å²) in [7, 11) is 0. The lowest BCUT2D eigenvalue weighted by molar-refractivity contribution is -0.116. The Morgan fingerprint density at radius 2 is 2.15 bits per heavy atom. The van der Waals surface area contributed by atoms with Crippen molar-refractivity contribution < 1.29 is 4.79 Å². The quantitative estimate of drug-likeness (QED) is 0.867. The first kappa shape index (κ1) is 13.2. The van der Waals surface area contributed by atoms with Gasteiger partial charge in [0.25, 0.3) is 0 Å². The minimum Gasteiger partial charge on any atom is -0.316 e. The summed E-state index contributed by atoms with van der Waals surface area (Å²) in [5.74, 6) is 1.54. The van der Waals surface area contributed by atoms with Crippen molar-refractivity contribution in [2.75, 3.05) is 17.2 Å². The number of fused-ring (bicyclic) bond motifs is 1. The molecule has 3 rings (SSSR count). The van der Waals surface area contributed by atoms with Crippen LogP contribution in [0.15, 0.2) is 29.4 Å². The molecule has 0 saturated heterocycles. The molecule has 1 amide bonds. The fourth-order valence-corrected chi connectivity index (χ4v) is 3.33. The molecular formula is C14H16N4OS. The summed E-state index contributed by atoms with van der Waals surface area (Å²) < 4.78 is 1.96. The molecule has 0 aliphatic carbocycles. The Morgan fingerprint density at radius 1 is 1.30 bits per heavy atom. The first-order chi connectivity index (χ1) is 9.65. The van der Waals surface area contributed by atoms with Gasteiger partial charge in [-0.05, 0) is 31.5 Å². The van der Waals surface area contributed by atoms with Crippen LogP contribution in [-0.2, 0) is 11.3 Å². The van der Waals surface area contributed by atoms with Gasteiger partial charge in [0.05, 0.1) is 11.4 Å². The average Bonchev–Trinajstić information content (AvgIpc) is 2.83. The summed E-state index contributed by atoms with van der Waals surface area (Å²) in [4.78, 5) is 15.2. The SMILES string of the molecule is Cc1ccc2c(c1)SCC(=O)N2CCn1cnnc1C. The van der Waals surface area contributed by atoms with Crippen LogP contribution >= 0.6 is 11.8 Å². The van der Waals surface area contributed by atoms with E-state index in [1.165, 1.54) is 10.5 Å². The Labute approximate surface area is 122 Å². The molecule has 20 heavy (non-hydrogen) atoms. The third kappa shape index (κ3) is 2.43. The number of benzene rings is 1. The van der Waals surface area contributed by atoms with Gasteiger partial charge in [0.1, 0.15) is 12.2 Å². The Bertz CT molecular complexity index is 652. The molecule has 0 unspecified atom stereocenters. The first-order valence-corrected chi connectivity index (χ1v) is 7.52. The van der Waals surface area contributed by atoms with Crippen molar-refractivity contribution >= 4 is 23.4 Å². The summed E-state index contributed by atoms with van der Waals surface area (Å²) in [5, 5.41) is 7.83. The second kappa shape index (κ2) is 5.28. The number of anilines is 1. The second-order valence-electron chi connectivity index (χ2n) is 4.88. The van der Waals surface area contributed by atoms with Crippen molar-refractivity contribution in [2.45, 2.75) is 25.3 Å². The summed E-state index contributed by atoms with van der Waals surface area (Å²) in [6.45, 7) is 5.34. The van der Waals surface area contributed by atoms with E-state index in [1.807, 2.05) is 22.5 Å². The highest BCUT2D eigenvalue weighted by Gasteiger charge is 2.24. The van der Waals surface area contributed by atoms with Crippen molar-refractivity contribution in [2.24, 2.45) is 0 Å².